The van der Waals surface area contributed by atoms with Crippen molar-refractivity contribution in [2.45, 2.75) is 38.5 Å². The molecule has 0 aliphatic heterocycles. The molecular formula is C24H28F2N4O5S. The highest BCUT2D eigenvalue weighted by molar-refractivity contribution is 7.91. The number of aliphatic hydroxyl groups excluding tert-OH is 1. The van der Waals surface area contributed by atoms with Crippen LogP contribution >= 0.6 is 0 Å². The molecule has 3 rings (SSSR count). The molecular weight excluding hydrogens is 494 g/mol. The molecule has 0 aliphatic carbocycles. The van der Waals surface area contributed by atoms with Crippen LogP contribution in [0.3, 0.4) is 0 Å². The summed E-state index contributed by atoms with van der Waals surface area (Å²) >= 11 is 0. The van der Waals surface area contributed by atoms with Crippen molar-refractivity contribution in [2.24, 2.45) is 0 Å². The van der Waals surface area contributed by atoms with Gasteiger partial charge in [0.05, 0.1) is 18.4 Å². The molecule has 9 nitrogen and oxygen atoms in total. The molecule has 4 N–H and O–H groups in total. The van der Waals surface area contributed by atoms with E-state index in [2.05, 4.69) is 15.6 Å². The lowest BCUT2D eigenvalue weighted by molar-refractivity contribution is 0.0825. The molecule has 1 aromatic heterocycles. The third kappa shape index (κ3) is 8.40. The van der Waals surface area contributed by atoms with Crippen LogP contribution in [-0.2, 0) is 29.4 Å². The molecule has 0 saturated carbocycles. The summed E-state index contributed by atoms with van der Waals surface area (Å²) < 4.78 is 57.1. The largest absolute Gasteiger partial charge is 0.431 e. The summed E-state index contributed by atoms with van der Waals surface area (Å²) in [5.74, 6) is -2.34. The van der Waals surface area contributed by atoms with Gasteiger partial charge in [-0.3, -0.25) is 4.79 Å². The Hall–Kier alpha value is -3.35. The number of anilines is 1. The van der Waals surface area contributed by atoms with Crippen LogP contribution in [0.1, 0.15) is 34.1 Å². The van der Waals surface area contributed by atoms with Gasteiger partial charge in [-0.1, -0.05) is 31.2 Å². The number of nitrogens with zero attached hydrogens (tertiary/aromatic N) is 1. The quantitative estimate of drug-likeness (QED) is 0.287. The topological polar surface area (TPSA) is 134 Å². The summed E-state index contributed by atoms with van der Waals surface area (Å²) in [5.41, 5.74) is 2.17. The van der Waals surface area contributed by atoms with Crippen LogP contribution in [0.5, 0.6) is 0 Å². The molecule has 2 atom stereocenters. The van der Waals surface area contributed by atoms with Gasteiger partial charge in [-0.25, -0.2) is 21.9 Å². The van der Waals surface area contributed by atoms with Crippen molar-refractivity contribution in [1.82, 2.24) is 15.6 Å². The zero-order valence-electron chi connectivity index (χ0n) is 19.8. The van der Waals surface area contributed by atoms with Gasteiger partial charge in [0.2, 0.25) is 10.0 Å². The third-order valence-corrected chi connectivity index (χ3v) is 5.80. The molecule has 0 spiro atoms. The fraction of sp³-hybridized carbons (Fsp3) is 0.333. The molecule has 3 aromatic rings. The van der Waals surface area contributed by atoms with Gasteiger partial charge in [-0.15, -0.1) is 0 Å². The first-order chi connectivity index (χ1) is 17.0. The molecule has 2 aromatic carbocycles. The van der Waals surface area contributed by atoms with E-state index in [9.17, 15) is 27.1 Å². The van der Waals surface area contributed by atoms with E-state index >= 15 is 0 Å². The number of carbonyl (C=O) groups excluding carboxylic acids is 1. The Bertz CT molecular complexity index is 1280. The number of hydrogen-bond acceptors (Lipinski definition) is 7. The summed E-state index contributed by atoms with van der Waals surface area (Å²) in [6, 6.07) is 9.54. The lowest BCUT2D eigenvalue weighted by atomic mass is 10.00. The highest BCUT2D eigenvalue weighted by Gasteiger charge is 2.25. The smallest absolute Gasteiger partial charge is 0.309 e. The number of aliphatic hydroxyl groups is 1. The van der Waals surface area contributed by atoms with Gasteiger partial charge in [0.15, 0.2) is 5.69 Å². The van der Waals surface area contributed by atoms with Gasteiger partial charge in [0.1, 0.15) is 17.9 Å². The number of benzene rings is 2. The normalized spacial score (nSPS) is 13.2. The van der Waals surface area contributed by atoms with Gasteiger partial charge in [0, 0.05) is 19.2 Å². The van der Waals surface area contributed by atoms with E-state index in [4.69, 9.17) is 4.42 Å². The molecule has 36 heavy (non-hydrogen) atoms. The van der Waals surface area contributed by atoms with Crippen LogP contribution < -0.4 is 15.4 Å². The van der Waals surface area contributed by atoms with E-state index in [0.717, 1.165) is 42.7 Å². The maximum absolute atomic E-state index is 13.7. The number of hydrogen-bond donors (Lipinski definition) is 4. The van der Waals surface area contributed by atoms with Crippen LogP contribution in [0.25, 0.3) is 0 Å². The number of rotatable bonds is 12. The fourth-order valence-corrected chi connectivity index (χ4v) is 3.97. The number of carbonyl (C=O) groups is 1. The van der Waals surface area contributed by atoms with Gasteiger partial charge < -0.3 is 20.2 Å². The molecule has 0 radical (unpaired) electrons. The van der Waals surface area contributed by atoms with Crippen LogP contribution in [0.2, 0.25) is 0 Å². The molecule has 0 fully saturated rings. The zero-order valence-corrected chi connectivity index (χ0v) is 20.6. The molecule has 0 aliphatic rings. The number of sulfonamides is 1. The van der Waals surface area contributed by atoms with E-state index in [1.165, 1.54) is 5.56 Å². The summed E-state index contributed by atoms with van der Waals surface area (Å²) in [7, 11) is -3.67. The summed E-state index contributed by atoms with van der Waals surface area (Å²) in [6.07, 6.45) is 1.51. The highest BCUT2D eigenvalue weighted by atomic mass is 32.2. The Kier molecular flexibility index (Phi) is 9.13. The summed E-state index contributed by atoms with van der Waals surface area (Å²) in [5, 5.41) is 16.6. The van der Waals surface area contributed by atoms with Crippen LogP contribution in [0.15, 0.2) is 53.1 Å². The number of aromatic nitrogens is 1. The Morgan fingerprint density at radius 2 is 1.81 bits per heavy atom. The Labute approximate surface area is 208 Å². The second kappa shape index (κ2) is 12.1. The number of aryl methyl sites for hydroxylation is 1. The van der Waals surface area contributed by atoms with E-state index in [-0.39, 0.29) is 24.2 Å². The van der Waals surface area contributed by atoms with Crippen molar-refractivity contribution in [3.05, 3.63) is 82.7 Å². The number of nitrogens with one attached hydrogen (secondary N) is 3. The molecule has 0 bridgehead atoms. The van der Waals surface area contributed by atoms with Crippen molar-refractivity contribution < 1.29 is 31.5 Å². The molecule has 0 saturated heterocycles. The number of halogens is 2. The minimum atomic E-state index is -3.67. The summed E-state index contributed by atoms with van der Waals surface area (Å²) in [4.78, 5) is 16.5. The molecule has 12 heteroatoms. The van der Waals surface area contributed by atoms with Crippen molar-refractivity contribution in [3.63, 3.8) is 0 Å². The molecule has 1 amide bonds. The lowest BCUT2D eigenvalue weighted by Gasteiger charge is -2.24. The van der Waals surface area contributed by atoms with Crippen molar-refractivity contribution >= 4 is 21.9 Å². The first kappa shape index (κ1) is 27.2. The first-order valence-electron chi connectivity index (χ1n) is 11.2. The highest BCUT2D eigenvalue weighted by Crippen LogP contribution is 2.14. The molecule has 0 unspecified atom stereocenters. The van der Waals surface area contributed by atoms with Crippen LogP contribution in [0.4, 0.5) is 14.8 Å². The van der Waals surface area contributed by atoms with E-state index in [1.807, 2.05) is 35.9 Å². The average molecular weight is 523 g/mol. The standard InChI is InChI=1S/C24H28F2N4O5S/c1-3-15-5-4-6-16(7-15)12-27-13-22(31)20(10-17-8-18(25)11-19(26)9-17)28-23(32)21-14-35-24(29-21)30-36(2,33)34/h4-9,11,14,20,22,27,31H,3,10,12-13H2,1-2H3,(H,28,32)(H,29,30)/t20-,22+/m0/s1. The van der Waals surface area contributed by atoms with Crippen molar-refractivity contribution in [1.29, 1.82) is 0 Å². The monoisotopic (exact) mass is 522 g/mol. The van der Waals surface area contributed by atoms with Crippen LogP contribution in [0, 0.1) is 11.6 Å². The van der Waals surface area contributed by atoms with Crippen molar-refractivity contribution in [2.75, 3.05) is 17.5 Å². The number of oxazole rings is 1. The molecule has 1 heterocycles. The SMILES string of the molecule is CCc1cccc(CNC[C@@H](O)[C@H](Cc2cc(F)cc(F)c2)NC(=O)c2coc(NS(C)(=O)=O)n2)c1. The maximum atomic E-state index is 13.7. The maximum Gasteiger partial charge on any atom is 0.309 e. The average Bonchev–Trinajstić information content (AvgIpc) is 3.25. The lowest BCUT2D eigenvalue weighted by Crippen LogP contribution is -2.48. The van der Waals surface area contributed by atoms with Gasteiger partial charge >= 0.3 is 6.01 Å². The first-order valence-corrected chi connectivity index (χ1v) is 13.1. The van der Waals surface area contributed by atoms with Crippen LogP contribution in [-0.4, -0.2) is 49.4 Å². The Balaban J connectivity index is 1.71. The van der Waals surface area contributed by atoms with Gasteiger partial charge in [-0.2, -0.15) is 4.98 Å². The minimum Gasteiger partial charge on any atom is -0.431 e. The third-order valence-electron chi connectivity index (χ3n) is 5.25. The fourth-order valence-electron chi connectivity index (χ4n) is 3.56. The Morgan fingerprint density at radius 3 is 2.47 bits per heavy atom. The number of amides is 1. The second-order valence-electron chi connectivity index (χ2n) is 8.35. The zero-order chi connectivity index (χ0) is 26.3. The molecule has 194 valence electrons. The van der Waals surface area contributed by atoms with Gasteiger partial charge in [-0.05, 0) is 41.7 Å². The predicted molar refractivity (Wildman–Crippen MR) is 130 cm³/mol. The van der Waals surface area contributed by atoms with Gasteiger partial charge in [0.25, 0.3) is 5.91 Å². The Morgan fingerprint density at radius 1 is 1.11 bits per heavy atom. The van der Waals surface area contributed by atoms with E-state index < -0.39 is 45.7 Å². The van der Waals surface area contributed by atoms with E-state index in [1.54, 1.807) is 0 Å². The second-order valence-corrected chi connectivity index (χ2v) is 10.1. The van der Waals surface area contributed by atoms with E-state index in [0.29, 0.717) is 6.54 Å². The van der Waals surface area contributed by atoms with Crippen molar-refractivity contribution in [3.8, 4) is 0 Å². The predicted octanol–water partition coefficient (Wildman–Crippen LogP) is 2.38. The summed E-state index contributed by atoms with van der Waals surface area (Å²) in [6.45, 7) is 2.58. The minimum absolute atomic E-state index is 0.0683.